The number of rotatable bonds is 4. The molecule has 9 aromatic rings. The monoisotopic (exact) mass is 619 g/mol. The Balaban J connectivity index is 1.27. The lowest BCUT2D eigenvalue weighted by Gasteiger charge is -2.22. The molecule has 0 spiro atoms. The summed E-state index contributed by atoms with van der Waals surface area (Å²) in [4.78, 5) is 17.5. The van der Waals surface area contributed by atoms with E-state index in [2.05, 4.69) is 100 Å². The maximum absolute atomic E-state index is 5.05. The summed E-state index contributed by atoms with van der Waals surface area (Å²) in [6.45, 7) is 0. The zero-order valence-corrected chi connectivity index (χ0v) is 25.9. The minimum absolute atomic E-state index is 0.646. The van der Waals surface area contributed by atoms with Gasteiger partial charge in [0.2, 0.25) is 0 Å². The summed E-state index contributed by atoms with van der Waals surface area (Å²) in [6, 6.07) is 53.0. The summed E-state index contributed by atoms with van der Waals surface area (Å²) < 4.78 is 4.87. The average Bonchev–Trinajstić information content (AvgIpc) is 3.67. The van der Waals surface area contributed by atoms with Gasteiger partial charge in [-0.05, 0) is 42.5 Å². The first-order valence-corrected chi connectivity index (χ1v) is 16.4. The predicted molar refractivity (Wildman–Crippen MR) is 191 cm³/mol. The number of hydrogen-bond acceptors (Lipinski definition) is 4. The Kier molecular flexibility index (Phi) is 5.74. The molecule has 5 nitrogen and oxygen atoms in total. The van der Waals surface area contributed by atoms with E-state index in [1.54, 1.807) is 0 Å². The maximum Gasteiger partial charge on any atom is 0.164 e. The minimum atomic E-state index is 0.646. The first-order valence-electron chi connectivity index (χ1n) is 15.6. The standard InChI is InChI=1S/C41H25N5S/c1-4-13-26(14-5-1)38-42-39(27-15-6-2-7-16-27)44-40(43-38)28-23-24-34-33(25-28)46-37-31(20-12-22-35(37)47-34)36-30-19-10-11-21-32(30)45(41(36)46)29-17-8-3-9-18-29/h1-25H. The van der Waals surface area contributed by atoms with Crippen LogP contribution in [0.2, 0.25) is 0 Å². The first kappa shape index (κ1) is 26.3. The van der Waals surface area contributed by atoms with Gasteiger partial charge in [-0.25, -0.2) is 15.0 Å². The number of nitrogens with zero attached hydrogens (tertiary/aromatic N) is 5. The SMILES string of the molecule is c1ccc(-c2nc(-c3ccccc3)nc(-c3ccc4c(c3)-n3c5c(cccc5c5c6ccccc6n(-c6ccccc6)c53)S4)n2)cc1. The smallest absolute Gasteiger partial charge is 0.164 e. The number of hydrogen-bond donors (Lipinski definition) is 0. The van der Waals surface area contributed by atoms with E-state index in [9.17, 15) is 0 Å². The highest BCUT2D eigenvalue weighted by molar-refractivity contribution is 7.99. The Hall–Kier alpha value is -5.98. The molecule has 0 atom stereocenters. The highest BCUT2D eigenvalue weighted by atomic mass is 32.2. The molecular formula is C41H25N5S. The van der Waals surface area contributed by atoms with Gasteiger partial charge in [0.25, 0.3) is 0 Å². The van der Waals surface area contributed by atoms with Crippen molar-refractivity contribution >= 4 is 44.6 Å². The van der Waals surface area contributed by atoms with E-state index in [4.69, 9.17) is 15.0 Å². The zero-order chi connectivity index (χ0) is 30.9. The molecule has 0 unspecified atom stereocenters. The summed E-state index contributed by atoms with van der Waals surface area (Å²) in [5.74, 6) is 1.95. The van der Waals surface area contributed by atoms with Gasteiger partial charge in [0, 0.05) is 48.3 Å². The van der Waals surface area contributed by atoms with E-state index in [0.29, 0.717) is 17.5 Å². The van der Waals surface area contributed by atoms with Crippen LogP contribution in [0.4, 0.5) is 0 Å². The maximum atomic E-state index is 5.05. The third-order valence-corrected chi connectivity index (χ3v) is 10.1. The summed E-state index contributed by atoms with van der Waals surface area (Å²) in [5.41, 5.74) is 8.68. The first-order chi connectivity index (χ1) is 23.3. The Labute approximate surface area is 274 Å². The van der Waals surface area contributed by atoms with Crippen molar-refractivity contribution in [1.29, 1.82) is 0 Å². The van der Waals surface area contributed by atoms with Crippen molar-refractivity contribution in [2.24, 2.45) is 0 Å². The van der Waals surface area contributed by atoms with Crippen molar-refractivity contribution in [2.75, 3.05) is 0 Å². The Morgan fingerprint density at radius 2 is 1.04 bits per heavy atom. The third-order valence-electron chi connectivity index (χ3n) is 8.95. The quantitative estimate of drug-likeness (QED) is 0.197. The fourth-order valence-corrected chi connectivity index (χ4v) is 7.97. The molecule has 1 aliphatic heterocycles. The van der Waals surface area contributed by atoms with Gasteiger partial charge in [0.1, 0.15) is 5.65 Å². The second-order valence-corrected chi connectivity index (χ2v) is 12.8. The molecular weight excluding hydrogens is 595 g/mol. The van der Waals surface area contributed by atoms with Crippen molar-refractivity contribution < 1.29 is 0 Å². The Morgan fingerprint density at radius 1 is 0.447 bits per heavy atom. The van der Waals surface area contributed by atoms with Gasteiger partial charge in [-0.15, -0.1) is 0 Å². The second-order valence-electron chi connectivity index (χ2n) is 11.7. The largest absolute Gasteiger partial charge is 0.295 e. The minimum Gasteiger partial charge on any atom is -0.295 e. The van der Waals surface area contributed by atoms with E-state index < -0.39 is 0 Å². The van der Waals surface area contributed by atoms with Crippen molar-refractivity contribution in [2.45, 2.75) is 9.79 Å². The average molecular weight is 620 g/mol. The van der Waals surface area contributed by atoms with Crippen LogP contribution in [0.25, 0.3) is 78.4 Å². The van der Waals surface area contributed by atoms with Gasteiger partial charge in [0.15, 0.2) is 17.5 Å². The Morgan fingerprint density at radius 3 is 1.74 bits per heavy atom. The lowest BCUT2D eigenvalue weighted by atomic mass is 10.1. The van der Waals surface area contributed by atoms with Crippen LogP contribution in [0, 0.1) is 0 Å². The van der Waals surface area contributed by atoms with Gasteiger partial charge < -0.3 is 0 Å². The molecule has 0 radical (unpaired) electrons. The topological polar surface area (TPSA) is 48.5 Å². The normalized spacial score (nSPS) is 12.2. The van der Waals surface area contributed by atoms with Crippen LogP contribution in [-0.2, 0) is 0 Å². The molecule has 0 amide bonds. The lowest BCUT2D eigenvalue weighted by molar-refractivity contribution is 1.02. The van der Waals surface area contributed by atoms with E-state index >= 15 is 0 Å². The molecule has 0 fully saturated rings. The molecule has 6 heteroatoms. The molecule has 1 aliphatic rings. The van der Waals surface area contributed by atoms with Gasteiger partial charge >= 0.3 is 0 Å². The number of aromatic nitrogens is 5. The lowest BCUT2D eigenvalue weighted by Crippen LogP contribution is -2.06. The molecule has 0 saturated carbocycles. The third kappa shape index (κ3) is 4.02. The molecule has 10 rings (SSSR count). The molecule has 47 heavy (non-hydrogen) atoms. The highest BCUT2D eigenvalue weighted by Gasteiger charge is 2.28. The van der Waals surface area contributed by atoms with E-state index in [1.165, 1.54) is 37.0 Å². The van der Waals surface area contributed by atoms with Crippen LogP contribution in [0.3, 0.4) is 0 Å². The van der Waals surface area contributed by atoms with Gasteiger partial charge in [0.05, 0.1) is 16.7 Å². The number of fused-ring (bicyclic) bond motifs is 7. The summed E-state index contributed by atoms with van der Waals surface area (Å²) in [7, 11) is 0. The zero-order valence-electron chi connectivity index (χ0n) is 25.1. The van der Waals surface area contributed by atoms with E-state index in [-0.39, 0.29) is 0 Å². The van der Waals surface area contributed by atoms with Gasteiger partial charge in [-0.3, -0.25) is 9.13 Å². The van der Waals surface area contributed by atoms with E-state index in [1.807, 2.05) is 72.4 Å². The van der Waals surface area contributed by atoms with Crippen LogP contribution in [0.5, 0.6) is 0 Å². The summed E-state index contributed by atoms with van der Waals surface area (Å²) in [6.07, 6.45) is 0. The van der Waals surface area contributed by atoms with Crippen LogP contribution in [-0.4, -0.2) is 24.1 Å². The molecule has 220 valence electrons. The van der Waals surface area contributed by atoms with Crippen molar-refractivity contribution in [3.05, 3.63) is 152 Å². The highest BCUT2D eigenvalue weighted by Crippen LogP contribution is 2.50. The van der Waals surface area contributed by atoms with Crippen LogP contribution >= 0.6 is 11.8 Å². The van der Waals surface area contributed by atoms with Crippen LogP contribution in [0.1, 0.15) is 0 Å². The predicted octanol–water partition coefficient (Wildman–Crippen LogP) is 10.4. The molecule has 4 heterocycles. The molecule has 0 bridgehead atoms. The molecule has 3 aromatic heterocycles. The molecule has 0 saturated heterocycles. The number of benzene rings is 6. The summed E-state index contributed by atoms with van der Waals surface area (Å²) in [5, 5.41) is 3.76. The second kappa shape index (κ2) is 10.3. The van der Waals surface area contributed by atoms with Gasteiger partial charge in [-0.1, -0.05) is 121 Å². The van der Waals surface area contributed by atoms with Gasteiger partial charge in [-0.2, -0.15) is 0 Å². The van der Waals surface area contributed by atoms with Crippen molar-refractivity contribution in [3.8, 4) is 45.5 Å². The molecule has 6 aromatic carbocycles. The molecule has 0 N–H and O–H groups in total. The van der Waals surface area contributed by atoms with Crippen molar-refractivity contribution in [3.63, 3.8) is 0 Å². The van der Waals surface area contributed by atoms with E-state index in [0.717, 1.165) is 33.7 Å². The van der Waals surface area contributed by atoms with Crippen molar-refractivity contribution in [1.82, 2.24) is 24.1 Å². The number of para-hydroxylation sites is 3. The molecule has 0 aliphatic carbocycles. The summed E-state index contributed by atoms with van der Waals surface area (Å²) >= 11 is 1.82. The van der Waals surface area contributed by atoms with Crippen LogP contribution < -0.4 is 0 Å². The fraction of sp³-hybridized carbons (Fsp3) is 0. The van der Waals surface area contributed by atoms with Crippen LogP contribution in [0.15, 0.2) is 161 Å². The fourth-order valence-electron chi connectivity index (χ4n) is 6.89. The Bertz CT molecular complexity index is 2580.